The van der Waals surface area contributed by atoms with E-state index in [2.05, 4.69) is 69.4 Å². The maximum absolute atomic E-state index is 13.0. The van der Waals surface area contributed by atoms with Crippen LogP contribution >= 0.6 is 68.5 Å². The second-order valence-electron chi connectivity index (χ2n) is 8.13. The van der Waals surface area contributed by atoms with Gasteiger partial charge in [-0.1, -0.05) is 66.2 Å². The SMILES string of the molecule is O=C1S/C(=C\c2cc(I)c(OCc3cccc4ccccc34)c(I)c2)C(=O)N1Cc1ccc(Cl)cc1. The Kier molecular flexibility index (Phi) is 7.90. The van der Waals surface area contributed by atoms with E-state index in [1.54, 1.807) is 18.2 Å². The molecule has 180 valence electrons. The lowest BCUT2D eigenvalue weighted by Gasteiger charge is -2.13. The van der Waals surface area contributed by atoms with Crippen molar-refractivity contribution in [3.63, 3.8) is 0 Å². The van der Waals surface area contributed by atoms with Crippen molar-refractivity contribution in [2.75, 3.05) is 0 Å². The molecule has 1 fully saturated rings. The number of imide groups is 1. The zero-order chi connectivity index (χ0) is 25.2. The molecule has 8 heteroatoms. The van der Waals surface area contributed by atoms with Crippen LogP contribution in [0.1, 0.15) is 16.7 Å². The van der Waals surface area contributed by atoms with Crippen molar-refractivity contribution in [3.05, 3.63) is 113 Å². The maximum Gasteiger partial charge on any atom is 0.293 e. The van der Waals surface area contributed by atoms with Crippen LogP contribution in [0.2, 0.25) is 5.02 Å². The molecular formula is C28H18ClI2NO3S. The molecule has 0 aromatic heterocycles. The lowest BCUT2D eigenvalue weighted by atomic mass is 10.1. The van der Waals surface area contributed by atoms with E-state index < -0.39 is 0 Å². The standard InChI is InChI=1S/C28H18ClI2NO3S/c29-21-10-8-17(9-11-21)15-32-27(33)25(36-28(32)34)14-18-12-23(30)26(24(31)13-18)35-16-20-6-3-5-19-4-1-2-7-22(19)20/h1-14H,15-16H2/b25-14-. The van der Waals surface area contributed by atoms with Gasteiger partial charge in [0.2, 0.25) is 0 Å². The van der Waals surface area contributed by atoms with Crippen LogP contribution in [0.4, 0.5) is 4.79 Å². The Hall–Kier alpha value is -2.08. The quantitative estimate of drug-likeness (QED) is 0.147. The summed E-state index contributed by atoms with van der Waals surface area (Å²) in [5.41, 5.74) is 2.82. The zero-order valence-electron chi connectivity index (χ0n) is 18.7. The van der Waals surface area contributed by atoms with Gasteiger partial charge in [-0.15, -0.1) is 0 Å². The third kappa shape index (κ3) is 5.58. The molecule has 0 radical (unpaired) electrons. The van der Waals surface area contributed by atoms with Crippen molar-refractivity contribution in [3.8, 4) is 5.75 Å². The lowest BCUT2D eigenvalue weighted by molar-refractivity contribution is -0.123. The van der Waals surface area contributed by atoms with Crippen molar-refractivity contribution in [2.45, 2.75) is 13.2 Å². The third-order valence-electron chi connectivity index (χ3n) is 5.70. The summed E-state index contributed by atoms with van der Waals surface area (Å²) in [5, 5.41) is 2.70. The Balaban J connectivity index is 1.33. The fourth-order valence-electron chi connectivity index (χ4n) is 3.93. The fourth-order valence-corrected chi connectivity index (χ4v) is 7.02. The minimum Gasteiger partial charge on any atom is -0.487 e. The number of hydrogen-bond donors (Lipinski definition) is 0. The summed E-state index contributed by atoms with van der Waals surface area (Å²) < 4.78 is 8.11. The highest BCUT2D eigenvalue weighted by Gasteiger charge is 2.35. The van der Waals surface area contributed by atoms with E-state index in [0.29, 0.717) is 16.5 Å². The molecule has 0 N–H and O–H groups in total. The number of hydrogen-bond acceptors (Lipinski definition) is 4. The molecule has 1 aliphatic rings. The van der Waals surface area contributed by atoms with Gasteiger partial charge in [0.05, 0.1) is 18.6 Å². The second kappa shape index (κ2) is 11.1. The van der Waals surface area contributed by atoms with E-state index in [-0.39, 0.29) is 17.7 Å². The van der Waals surface area contributed by atoms with Gasteiger partial charge in [-0.25, -0.2) is 0 Å². The summed E-state index contributed by atoms with van der Waals surface area (Å²) in [5.74, 6) is 0.512. The first-order valence-corrected chi connectivity index (χ1v) is 14.3. The summed E-state index contributed by atoms with van der Waals surface area (Å²) in [7, 11) is 0. The number of fused-ring (bicyclic) bond motifs is 1. The summed E-state index contributed by atoms with van der Waals surface area (Å²) in [6.07, 6.45) is 1.77. The first-order valence-electron chi connectivity index (χ1n) is 11.0. The highest BCUT2D eigenvalue weighted by atomic mass is 127. The number of amides is 2. The number of carbonyl (C=O) groups is 2. The van der Waals surface area contributed by atoms with Gasteiger partial charge in [-0.2, -0.15) is 0 Å². The number of benzene rings is 4. The molecule has 4 aromatic carbocycles. The van der Waals surface area contributed by atoms with Crippen LogP contribution in [0.3, 0.4) is 0 Å². The minimum absolute atomic E-state index is 0.217. The number of nitrogens with zero attached hydrogens (tertiary/aromatic N) is 1. The van der Waals surface area contributed by atoms with Gasteiger partial charge in [0, 0.05) is 5.02 Å². The normalized spacial score (nSPS) is 14.8. The van der Waals surface area contributed by atoms with E-state index >= 15 is 0 Å². The molecule has 1 saturated heterocycles. The van der Waals surface area contributed by atoms with E-state index in [9.17, 15) is 9.59 Å². The monoisotopic (exact) mass is 737 g/mol. The topological polar surface area (TPSA) is 46.6 Å². The zero-order valence-corrected chi connectivity index (χ0v) is 24.6. The number of halogens is 3. The van der Waals surface area contributed by atoms with E-state index in [0.717, 1.165) is 41.3 Å². The second-order valence-corrected chi connectivity index (χ2v) is 11.9. The molecule has 2 amide bonds. The Morgan fingerprint density at radius 1 is 0.917 bits per heavy atom. The summed E-state index contributed by atoms with van der Waals surface area (Å²) in [6.45, 7) is 0.672. The van der Waals surface area contributed by atoms with E-state index in [1.807, 2.05) is 42.5 Å². The Morgan fingerprint density at radius 3 is 2.36 bits per heavy atom. The van der Waals surface area contributed by atoms with Crippen LogP contribution in [-0.4, -0.2) is 16.0 Å². The van der Waals surface area contributed by atoms with Crippen LogP contribution in [0.5, 0.6) is 5.75 Å². The van der Waals surface area contributed by atoms with E-state index in [1.165, 1.54) is 15.7 Å². The first kappa shape index (κ1) is 25.6. The molecule has 5 rings (SSSR count). The first-order chi connectivity index (χ1) is 17.4. The molecule has 0 unspecified atom stereocenters. The van der Waals surface area contributed by atoms with Crippen LogP contribution in [0.15, 0.2) is 83.8 Å². The van der Waals surface area contributed by atoms with Gasteiger partial charge in [0.25, 0.3) is 11.1 Å². The molecule has 0 spiro atoms. The number of carbonyl (C=O) groups excluding carboxylic acids is 2. The van der Waals surface area contributed by atoms with Gasteiger partial charge >= 0.3 is 0 Å². The molecule has 1 heterocycles. The largest absolute Gasteiger partial charge is 0.487 e. The summed E-state index contributed by atoms with van der Waals surface area (Å²) in [4.78, 5) is 27.2. The summed E-state index contributed by atoms with van der Waals surface area (Å²) >= 11 is 11.4. The number of rotatable bonds is 6. The molecule has 36 heavy (non-hydrogen) atoms. The predicted molar refractivity (Wildman–Crippen MR) is 163 cm³/mol. The smallest absolute Gasteiger partial charge is 0.293 e. The highest BCUT2D eigenvalue weighted by Crippen LogP contribution is 2.36. The molecule has 0 aliphatic carbocycles. The average Bonchev–Trinajstić information content (AvgIpc) is 3.12. The van der Waals surface area contributed by atoms with Crippen LogP contribution in [0.25, 0.3) is 16.8 Å². The van der Waals surface area contributed by atoms with Crippen LogP contribution in [0, 0.1) is 7.14 Å². The predicted octanol–water partition coefficient (Wildman–Crippen LogP) is 8.52. The maximum atomic E-state index is 13.0. The molecule has 0 atom stereocenters. The molecule has 1 aliphatic heterocycles. The van der Waals surface area contributed by atoms with Gasteiger partial charge < -0.3 is 4.74 Å². The van der Waals surface area contributed by atoms with Crippen molar-refractivity contribution < 1.29 is 14.3 Å². The van der Waals surface area contributed by atoms with E-state index in [4.69, 9.17) is 16.3 Å². The van der Waals surface area contributed by atoms with Crippen molar-refractivity contribution in [2.24, 2.45) is 0 Å². The molecule has 4 nitrogen and oxygen atoms in total. The number of thioether (sulfide) groups is 1. The third-order valence-corrected chi connectivity index (χ3v) is 8.46. The molecule has 0 saturated carbocycles. The summed E-state index contributed by atoms with van der Waals surface area (Å²) in [6, 6.07) is 25.5. The lowest BCUT2D eigenvalue weighted by Crippen LogP contribution is -2.27. The number of ether oxygens (including phenoxy) is 1. The van der Waals surface area contributed by atoms with Gasteiger partial charge in [-0.05, 0) is 115 Å². The Morgan fingerprint density at radius 2 is 1.61 bits per heavy atom. The van der Waals surface area contributed by atoms with Gasteiger partial charge in [0.15, 0.2) is 0 Å². The minimum atomic E-state index is -0.291. The average molecular weight is 738 g/mol. The van der Waals surface area contributed by atoms with Crippen molar-refractivity contribution in [1.29, 1.82) is 0 Å². The van der Waals surface area contributed by atoms with Crippen LogP contribution < -0.4 is 4.74 Å². The van der Waals surface area contributed by atoms with Crippen molar-refractivity contribution >= 4 is 96.5 Å². The Labute approximate surface area is 245 Å². The highest BCUT2D eigenvalue weighted by molar-refractivity contribution is 14.1. The molecular weight excluding hydrogens is 720 g/mol. The van der Waals surface area contributed by atoms with Gasteiger partial charge in [-0.3, -0.25) is 14.5 Å². The fraction of sp³-hybridized carbons (Fsp3) is 0.0714. The molecule has 0 bridgehead atoms. The van der Waals surface area contributed by atoms with Crippen molar-refractivity contribution in [1.82, 2.24) is 4.90 Å². The molecule has 4 aromatic rings. The van der Waals surface area contributed by atoms with Gasteiger partial charge in [0.1, 0.15) is 12.4 Å². The Bertz CT molecular complexity index is 1490. The van der Waals surface area contributed by atoms with Crippen LogP contribution in [-0.2, 0) is 17.9 Å².